The number of para-hydroxylation sites is 1. The van der Waals surface area contributed by atoms with Gasteiger partial charge in [-0.05, 0) is 86.3 Å². The van der Waals surface area contributed by atoms with Crippen LogP contribution in [0.3, 0.4) is 0 Å². The molecule has 0 spiro atoms. The third kappa shape index (κ3) is 8.41. The number of halogens is 1. The molecule has 1 aliphatic rings. The molecule has 1 aliphatic heterocycles. The zero-order chi connectivity index (χ0) is 32.6. The van der Waals surface area contributed by atoms with Gasteiger partial charge < -0.3 is 30.1 Å². The van der Waals surface area contributed by atoms with Gasteiger partial charge in [0.25, 0.3) is 5.91 Å². The van der Waals surface area contributed by atoms with E-state index in [2.05, 4.69) is 15.5 Å². The summed E-state index contributed by atoms with van der Waals surface area (Å²) >= 11 is 0. The lowest BCUT2D eigenvalue weighted by Gasteiger charge is -2.38. The minimum absolute atomic E-state index is 0.0468. The number of aliphatic hydroxyl groups excluding tert-OH is 1. The number of urea groups is 1. The molecule has 0 aromatic heterocycles. The van der Waals surface area contributed by atoms with Crippen LogP contribution in [0.5, 0.6) is 17.2 Å². The third-order valence-electron chi connectivity index (χ3n) is 7.87. The number of aliphatic hydroxyl groups is 1. The number of amides is 3. The Morgan fingerprint density at radius 2 is 1.65 bits per heavy atom. The second kappa shape index (κ2) is 14.9. The van der Waals surface area contributed by atoms with E-state index in [1.807, 2.05) is 68.6 Å². The summed E-state index contributed by atoms with van der Waals surface area (Å²) in [4.78, 5) is 30.2. The maximum absolute atomic E-state index is 13.8. The van der Waals surface area contributed by atoms with Gasteiger partial charge in [0.05, 0.1) is 18.2 Å². The lowest BCUT2D eigenvalue weighted by molar-refractivity contribution is 0.0341. The summed E-state index contributed by atoms with van der Waals surface area (Å²) in [6, 6.07) is 27.0. The summed E-state index contributed by atoms with van der Waals surface area (Å²) < 4.78 is 25.7. The van der Waals surface area contributed by atoms with Crippen molar-refractivity contribution in [3.05, 3.63) is 114 Å². The Labute approximate surface area is 268 Å². The molecule has 0 saturated carbocycles. The zero-order valence-corrected chi connectivity index (χ0v) is 26.2. The normalized spacial score (nSPS) is 16.9. The number of fused-ring (bicyclic) bond motifs is 1. The number of carbonyl (C=O) groups excluding carboxylic acids is 2. The first-order valence-electron chi connectivity index (χ1n) is 15.2. The summed E-state index contributed by atoms with van der Waals surface area (Å²) in [6.07, 6.45) is -0.272. The highest BCUT2D eigenvalue weighted by atomic mass is 19.1. The van der Waals surface area contributed by atoms with Crippen LogP contribution in [-0.2, 0) is 6.54 Å². The van der Waals surface area contributed by atoms with Crippen molar-refractivity contribution >= 4 is 23.3 Å². The van der Waals surface area contributed by atoms with Crippen molar-refractivity contribution in [3.63, 3.8) is 0 Å². The molecule has 1 heterocycles. The molecule has 4 aromatic carbocycles. The second-order valence-corrected chi connectivity index (χ2v) is 11.7. The molecule has 4 aromatic rings. The quantitative estimate of drug-likeness (QED) is 0.183. The Hall–Kier alpha value is -4.93. The van der Waals surface area contributed by atoms with Crippen LogP contribution in [0.25, 0.3) is 0 Å². The van der Waals surface area contributed by atoms with Crippen LogP contribution in [0, 0.1) is 11.7 Å². The summed E-state index contributed by atoms with van der Waals surface area (Å²) in [5.41, 5.74) is 2.20. The standard InChI is InChI=1S/C36H39FN4O5/c1-24-20-41(25(2)23-42)35(43)32-19-29(39-36(44)38-28-13-11-27(37)12-14-28)15-18-33(32)46-34(24)22-40(3)21-26-9-16-31(17-10-26)45-30-7-5-4-6-8-30/h4-19,24-25,34,42H,20-23H2,1-3H3,(H2,38,39,44)/t24-,25-,34+/m1/s1. The number of nitrogens with zero attached hydrogens (tertiary/aromatic N) is 2. The minimum Gasteiger partial charge on any atom is -0.488 e. The van der Waals surface area contributed by atoms with Gasteiger partial charge in [-0.15, -0.1) is 0 Å². The zero-order valence-electron chi connectivity index (χ0n) is 26.2. The number of rotatable bonds is 10. The van der Waals surface area contributed by atoms with E-state index >= 15 is 0 Å². The molecule has 46 heavy (non-hydrogen) atoms. The van der Waals surface area contributed by atoms with Crippen molar-refractivity contribution in [3.8, 4) is 17.2 Å². The maximum atomic E-state index is 13.8. The smallest absolute Gasteiger partial charge is 0.323 e. The fourth-order valence-electron chi connectivity index (χ4n) is 5.32. The number of ether oxygens (including phenoxy) is 2. The molecule has 0 unspecified atom stereocenters. The lowest BCUT2D eigenvalue weighted by atomic mass is 9.99. The summed E-state index contributed by atoms with van der Waals surface area (Å²) in [7, 11) is 2.02. The van der Waals surface area contributed by atoms with Crippen molar-refractivity contribution in [1.29, 1.82) is 0 Å². The van der Waals surface area contributed by atoms with E-state index in [0.717, 1.165) is 17.1 Å². The highest BCUT2D eigenvalue weighted by Gasteiger charge is 2.33. The van der Waals surface area contributed by atoms with Crippen molar-refractivity contribution < 1.29 is 28.6 Å². The van der Waals surface area contributed by atoms with Crippen LogP contribution in [0.2, 0.25) is 0 Å². The fourth-order valence-corrected chi connectivity index (χ4v) is 5.32. The van der Waals surface area contributed by atoms with E-state index in [1.54, 1.807) is 30.0 Å². The number of hydrogen-bond donors (Lipinski definition) is 3. The number of benzene rings is 4. The highest BCUT2D eigenvalue weighted by molar-refractivity contribution is 6.02. The van der Waals surface area contributed by atoms with Gasteiger partial charge in [-0.1, -0.05) is 37.3 Å². The van der Waals surface area contributed by atoms with E-state index in [0.29, 0.717) is 36.8 Å². The van der Waals surface area contributed by atoms with Crippen LogP contribution in [0.4, 0.5) is 20.6 Å². The van der Waals surface area contributed by atoms with Gasteiger partial charge >= 0.3 is 6.03 Å². The second-order valence-electron chi connectivity index (χ2n) is 11.7. The van der Waals surface area contributed by atoms with Gasteiger partial charge in [-0.2, -0.15) is 0 Å². The first kappa shape index (κ1) is 32.5. The van der Waals surface area contributed by atoms with Crippen molar-refractivity contribution in [1.82, 2.24) is 9.80 Å². The number of likely N-dealkylation sites (N-methyl/N-ethyl adjacent to an activating group) is 1. The van der Waals surface area contributed by atoms with E-state index in [-0.39, 0.29) is 30.1 Å². The van der Waals surface area contributed by atoms with Gasteiger partial charge in [0.2, 0.25) is 0 Å². The van der Waals surface area contributed by atoms with Gasteiger partial charge in [0.1, 0.15) is 29.2 Å². The van der Waals surface area contributed by atoms with Gasteiger partial charge in [0, 0.05) is 36.9 Å². The molecular weight excluding hydrogens is 587 g/mol. The maximum Gasteiger partial charge on any atom is 0.323 e. The average molecular weight is 627 g/mol. The van der Waals surface area contributed by atoms with E-state index in [1.165, 1.54) is 24.3 Å². The first-order chi connectivity index (χ1) is 22.2. The van der Waals surface area contributed by atoms with Crippen LogP contribution in [0.15, 0.2) is 97.1 Å². The number of carbonyl (C=O) groups is 2. The van der Waals surface area contributed by atoms with E-state index < -0.39 is 17.9 Å². The van der Waals surface area contributed by atoms with E-state index in [4.69, 9.17) is 9.47 Å². The van der Waals surface area contributed by atoms with Crippen molar-refractivity contribution in [2.24, 2.45) is 5.92 Å². The molecule has 0 bridgehead atoms. The SMILES string of the molecule is C[C@@H]1CN([C@H](C)CO)C(=O)c2cc(NC(=O)Nc3ccc(F)cc3)ccc2O[C@H]1CN(C)Cc1ccc(Oc2ccccc2)cc1. The average Bonchev–Trinajstić information content (AvgIpc) is 3.05. The predicted molar refractivity (Wildman–Crippen MR) is 176 cm³/mol. The molecule has 3 N–H and O–H groups in total. The topological polar surface area (TPSA) is 103 Å². The van der Waals surface area contributed by atoms with Gasteiger partial charge in [-0.3, -0.25) is 9.69 Å². The van der Waals surface area contributed by atoms with Gasteiger partial charge in [0.15, 0.2) is 0 Å². The molecule has 240 valence electrons. The molecule has 5 rings (SSSR count). The van der Waals surface area contributed by atoms with Crippen molar-refractivity contribution in [2.45, 2.75) is 32.5 Å². The van der Waals surface area contributed by atoms with Crippen LogP contribution in [0.1, 0.15) is 29.8 Å². The monoisotopic (exact) mass is 626 g/mol. The first-order valence-corrected chi connectivity index (χ1v) is 15.2. The predicted octanol–water partition coefficient (Wildman–Crippen LogP) is 6.61. The molecule has 3 atom stereocenters. The van der Waals surface area contributed by atoms with Gasteiger partial charge in [-0.25, -0.2) is 9.18 Å². The van der Waals surface area contributed by atoms with Crippen LogP contribution in [-0.4, -0.2) is 65.7 Å². The number of hydrogen-bond acceptors (Lipinski definition) is 6. The molecule has 0 saturated heterocycles. The molecular formula is C36H39FN4O5. The molecule has 0 fully saturated rings. The Kier molecular flexibility index (Phi) is 10.5. The molecule has 0 radical (unpaired) electrons. The minimum atomic E-state index is -0.542. The molecule has 10 heteroatoms. The van der Waals surface area contributed by atoms with Crippen LogP contribution < -0.4 is 20.1 Å². The Morgan fingerprint density at radius 1 is 1.00 bits per heavy atom. The molecule has 0 aliphatic carbocycles. The third-order valence-corrected chi connectivity index (χ3v) is 7.87. The Balaban J connectivity index is 1.29. The lowest BCUT2D eigenvalue weighted by Crippen LogP contribution is -2.49. The largest absolute Gasteiger partial charge is 0.488 e. The number of anilines is 2. The Morgan fingerprint density at radius 3 is 2.35 bits per heavy atom. The van der Waals surface area contributed by atoms with E-state index in [9.17, 15) is 19.1 Å². The molecule has 3 amide bonds. The highest BCUT2D eigenvalue weighted by Crippen LogP contribution is 2.31. The number of nitrogens with one attached hydrogen (secondary N) is 2. The molecule has 9 nitrogen and oxygen atoms in total. The Bertz CT molecular complexity index is 1620. The van der Waals surface area contributed by atoms with Crippen molar-refractivity contribution in [2.75, 3.05) is 37.4 Å². The summed E-state index contributed by atoms with van der Waals surface area (Å²) in [5, 5.41) is 15.4. The fraction of sp³-hybridized carbons (Fsp3) is 0.278. The summed E-state index contributed by atoms with van der Waals surface area (Å²) in [6.45, 7) is 5.29. The summed E-state index contributed by atoms with van der Waals surface area (Å²) in [5.74, 6) is 1.19. The van der Waals surface area contributed by atoms with Crippen LogP contribution >= 0.6 is 0 Å².